The lowest BCUT2D eigenvalue weighted by molar-refractivity contribution is -0.384. The van der Waals surface area contributed by atoms with Gasteiger partial charge in [-0.1, -0.05) is 29.8 Å². The summed E-state index contributed by atoms with van der Waals surface area (Å²) < 4.78 is 7.44. The quantitative estimate of drug-likeness (QED) is 0.541. The lowest BCUT2D eigenvalue weighted by Crippen LogP contribution is -2.22. The highest BCUT2D eigenvalue weighted by molar-refractivity contribution is 5.58. The van der Waals surface area contributed by atoms with Gasteiger partial charge in [0.25, 0.3) is 5.69 Å². The highest BCUT2D eigenvalue weighted by Crippen LogP contribution is 2.45. The van der Waals surface area contributed by atoms with Crippen LogP contribution in [-0.2, 0) is 0 Å². The van der Waals surface area contributed by atoms with Gasteiger partial charge < -0.3 is 10.5 Å². The number of nitrogens with two attached hydrogens (primary N) is 1. The highest BCUT2D eigenvalue weighted by Gasteiger charge is 2.36. The smallest absolute Gasteiger partial charge is 0.269 e. The maximum Gasteiger partial charge on any atom is 0.269 e. The van der Waals surface area contributed by atoms with Gasteiger partial charge in [0.1, 0.15) is 11.6 Å². The molecule has 0 radical (unpaired) electrons. The Hall–Kier alpha value is -4.12. The van der Waals surface area contributed by atoms with Crippen molar-refractivity contribution in [3.05, 3.63) is 92.5 Å². The Morgan fingerprint density at radius 2 is 1.97 bits per heavy atom. The number of aromatic nitrogens is 2. The van der Waals surface area contributed by atoms with Crippen molar-refractivity contribution >= 4 is 5.69 Å². The van der Waals surface area contributed by atoms with E-state index in [1.54, 1.807) is 16.8 Å². The second-order valence-electron chi connectivity index (χ2n) is 6.83. The van der Waals surface area contributed by atoms with E-state index >= 15 is 0 Å². The molecule has 0 unspecified atom stereocenters. The summed E-state index contributed by atoms with van der Waals surface area (Å²) in [6.45, 7) is 3.80. The standard InChI is InChI=1S/C21H17N5O3/c1-12-6-8-15(9-7-12)25-21-18(13(2)24-25)19(17(11-22)20(23)29-21)14-4-3-5-16(10-14)26(27)28/h3-10,19H,23H2,1-2H3/t19-/m1/s1. The summed E-state index contributed by atoms with van der Waals surface area (Å²) in [6, 6.07) is 16.0. The third-order valence-electron chi connectivity index (χ3n) is 4.93. The van der Waals surface area contributed by atoms with Crippen LogP contribution >= 0.6 is 0 Å². The molecule has 1 aliphatic heterocycles. The van der Waals surface area contributed by atoms with Crippen molar-refractivity contribution in [2.45, 2.75) is 19.8 Å². The van der Waals surface area contributed by atoms with E-state index in [2.05, 4.69) is 11.2 Å². The molecule has 0 amide bonds. The number of fused-ring (bicyclic) bond motifs is 1. The van der Waals surface area contributed by atoms with Crippen molar-refractivity contribution in [3.8, 4) is 17.6 Å². The van der Waals surface area contributed by atoms with Gasteiger partial charge in [-0.15, -0.1) is 0 Å². The molecular weight excluding hydrogens is 370 g/mol. The number of nitro groups is 1. The van der Waals surface area contributed by atoms with Crippen LogP contribution in [0.15, 0.2) is 60.0 Å². The van der Waals surface area contributed by atoms with Crippen LogP contribution < -0.4 is 10.5 Å². The third kappa shape index (κ3) is 2.99. The number of ether oxygens (including phenoxy) is 1. The number of nitriles is 1. The van der Waals surface area contributed by atoms with Crippen LogP contribution in [0.1, 0.15) is 28.3 Å². The Balaban J connectivity index is 1.94. The van der Waals surface area contributed by atoms with Gasteiger partial charge in [-0.3, -0.25) is 10.1 Å². The summed E-state index contributed by atoms with van der Waals surface area (Å²) in [4.78, 5) is 10.8. The monoisotopic (exact) mass is 387 g/mol. The first-order valence-corrected chi connectivity index (χ1v) is 8.89. The van der Waals surface area contributed by atoms with E-state index in [9.17, 15) is 15.4 Å². The molecule has 29 heavy (non-hydrogen) atoms. The minimum atomic E-state index is -0.608. The van der Waals surface area contributed by atoms with Crippen molar-refractivity contribution < 1.29 is 9.66 Å². The minimum absolute atomic E-state index is 0.0373. The molecule has 0 aliphatic carbocycles. The number of hydrogen-bond donors (Lipinski definition) is 1. The number of benzene rings is 2. The summed E-state index contributed by atoms with van der Waals surface area (Å²) in [5.74, 6) is -0.244. The lowest BCUT2D eigenvalue weighted by atomic mass is 9.84. The van der Waals surface area contributed by atoms with Gasteiger partial charge in [-0.05, 0) is 31.5 Å². The van der Waals surface area contributed by atoms with Gasteiger partial charge in [0, 0.05) is 12.1 Å². The Kier molecular flexibility index (Phi) is 4.28. The van der Waals surface area contributed by atoms with Crippen molar-refractivity contribution in [3.63, 3.8) is 0 Å². The molecule has 2 heterocycles. The van der Waals surface area contributed by atoms with Gasteiger partial charge in [-0.2, -0.15) is 10.4 Å². The van der Waals surface area contributed by atoms with Gasteiger partial charge in [0.2, 0.25) is 11.8 Å². The summed E-state index contributed by atoms with van der Waals surface area (Å²) in [5.41, 5.74) is 9.99. The number of rotatable bonds is 3. The van der Waals surface area contributed by atoms with Crippen LogP contribution in [-0.4, -0.2) is 14.7 Å². The second-order valence-corrected chi connectivity index (χ2v) is 6.83. The number of nitrogens with zero attached hydrogens (tertiary/aromatic N) is 4. The molecule has 8 heteroatoms. The third-order valence-corrected chi connectivity index (χ3v) is 4.93. The number of aryl methyl sites for hydroxylation is 2. The Morgan fingerprint density at radius 3 is 2.62 bits per heavy atom. The Morgan fingerprint density at radius 1 is 1.24 bits per heavy atom. The maximum absolute atomic E-state index is 11.2. The van der Waals surface area contributed by atoms with Crippen molar-refractivity contribution in [2.24, 2.45) is 5.73 Å². The van der Waals surface area contributed by atoms with Gasteiger partial charge >= 0.3 is 0 Å². The summed E-state index contributed by atoms with van der Waals surface area (Å²) in [7, 11) is 0. The predicted molar refractivity (Wildman–Crippen MR) is 105 cm³/mol. The molecule has 0 spiro atoms. The second kappa shape index (κ2) is 6.80. The number of hydrogen-bond acceptors (Lipinski definition) is 6. The summed E-state index contributed by atoms with van der Waals surface area (Å²) >= 11 is 0. The van der Waals surface area contributed by atoms with E-state index in [1.807, 2.05) is 38.1 Å². The molecule has 144 valence electrons. The fraction of sp³-hybridized carbons (Fsp3) is 0.143. The average molecular weight is 387 g/mol. The molecule has 2 N–H and O–H groups in total. The van der Waals surface area contributed by atoms with Crippen molar-refractivity contribution in [1.29, 1.82) is 5.26 Å². The van der Waals surface area contributed by atoms with Crippen LogP contribution in [0.4, 0.5) is 5.69 Å². The van der Waals surface area contributed by atoms with Crippen LogP contribution in [0.2, 0.25) is 0 Å². The highest BCUT2D eigenvalue weighted by atomic mass is 16.6. The SMILES string of the molecule is Cc1ccc(-n2nc(C)c3c2OC(N)=C(C#N)[C@H]3c2cccc([N+](=O)[O-])c2)cc1. The zero-order valence-corrected chi connectivity index (χ0v) is 15.8. The van der Waals surface area contributed by atoms with E-state index in [-0.39, 0.29) is 17.1 Å². The molecule has 1 atom stereocenters. The molecule has 0 saturated heterocycles. The predicted octanol–water partition coefficient (Wildman–Crippen LogP) is 3.62. The van der Waals surface area contributed by atoms with Crippen LogP contribution in [0, 0.1) is 35.3 Å². The molecule has 3 aromatic rings. The topological polar surface area (TPSA) is 120 Å². The largest absolute Gasteiger partial charge is 0.422 e. The molecule has 1 aromatic heterocycles. The first-order chi connectivity index (χ1) is 13.9. The van der Waals surface area contributed by atoms with Gasteiger partial charge in [0.05, 0.1) is 27.8 Å². The number of allylic oxidation sites excluding steroid dienone is 1. The first-order valence-electron chi connectivity index (χ1n) is 8.89. The molecule has 0 saturated carbocycles. The molecule has 0 bridgehead atoms. The maximum atomic E-state index is 11.2. The molecule has 4 rings (SSSR count). The summed E-state index contributed by atoms with van der Waals surface area (Å²) in [5, 5.41) is 25.6. The average Bonchev–Trinajstić information content (AvgIpc) is 3.03. The zero-order chi connectivity index (χ0) is 20.7. The van der Waals surface area contributed by atoms with E-state index in [4.69, 9.17) is 10.5 Å². The van der Waals surface area contributed by atoms with Gasteiger partial charge in [-0.25, -0.2) is 4.68 Å². The molecular formula is C21H17N5O3. The zero-order valence-electron chi connectivity index (χ0n) is 15.8. The van der Waals surface area contributed by atoms with Crippen molar-refractivity contribution in [1.82, 2.24) is 9.78 Å². The van der Waals surface area contributed by atoms with E-state index in [0.717, 1.165) is 11.3 Å². The summed E-state index contributed by atoms with van der Waals surface area (Å²) in [6.07, 6.45) is 0. The first kappa shape index (κ1) is 18.3. The number of non-ortho nitro benzene ring substituents is 1. The van der Waals surface area contributed by atoms with E-state index in [0.29, 0.717) is 22.7 Å². The molecule has 1 aliphatic rings. The van der Waals surface area contributed by atoms with Crippen molar-refractivity contribution in [2.75, 3.05) is 0 Å². The van der Waals surface area contributed by atoms with Gasteiger partial charge in [0.15, 0.2) is 0 Å². The molecule has 0 fully saturated rings. The molecule has 8 nitrogen and oxygen atoms in total. The van der Waals surface area contributed by atoms with Crippen LogP contribution in [0.25, 0.3) is 5.69 Å². The van der Waals surface area contributed by atoms with Crippen LogP contribution in [0.3, 0.4) is 0 Å². The fourth-order valence-electron chi connectivity index (χ4n) is 3.53. The van der Waals surface area contributed by atoms with E-state index in [1.165, 1.54) is 12.1 Å². The Bertz CT molecular complexity index is 1200. The normalized spacial score (nSPS) is 15.4. The molecule has 2 aromatic carbocycles. The number of nitro benzene ring substituents is 1. The lowest BCUT2D eigenvalue weighted by Gasteiger charge is -2.24. The minimum Gasteiger partial charge on any atom is -0.422 e. The Labute approximate surface area is 166 Å². The van der Waals surface area contributed by atoms with Crippen LogP contribution in [0.5, 0.6) is 5.88 Å². The fourth-order valence-corrected chi connectivity index (χ4v) is 3.53. The van der Waals surface area contributed by atoms with E-state index < -0.39 is 10.8 Å².